The molecule has 0 heterocycles. The van der Waals surface area contributed by atoms with Gasteiger partial charge in [-0.3, -0.25) is 4.79 Å². The van der Waals surface area contributed by atoms with Gasteiger partial charge in [0.05, 0.1) is 0 Å². The normalized spacial score (nSPS) is 20.2. The summed E-state index contributed by atoms with van der Waals surface area (Å²) in [5.74, 6) is 0.873. The molecule has 3 heteroatoms. The number of rotatable bonds is 6. The molecule has 1 saturated carbocycles. The minimum atomic E-state index is -0.330. The summed E-state index contributed by atoms with van der Waals surface area (Å²) >= 11 is 0. The van der Waals surface area contributed by atoms with Crippen LogP contribution in [-0.4, -0.2) is 25.2 Å². The number of carbonyl (C=O) groups excluding carboxylic acids is 1. The highest BCUT2D eigenvalue weighted by molar-refractivity contribution is 5.80. The van der Waals surface area contributed by atoms with Gasteiger partial charge >= 0.3 is 0 Å². The van der Waals surface area contributed by atoms with Gasteiger partial charge in [-0.2, -0.15) is 0 Å². The van der Waals surface area contributed by atoms with Crippen molar-refractivity contribution in [2.75, 3.05) is 7.11 Å². The number of hydrogen-bond acceptors (Lipinski definition) is 2. The predicted octanol–water partition coefficient (Wildman–Crippen LogP) is 1.96. The third-order valence-corrected chi connectivity index (χ3v) is 2.88. The van der Waals surface area contributed by atoms with Gasteiger partial charge in [0.15, 0.2) is 0 Å². The van der Waals surface area contributed by atoms with Gasteiger partial charge in [0.2, 0.25) is 5.91 Å². The second-order valence-corrected chi connectivity index (χ2v) is 4.17. The van der Waals surface area contributed by atoms with Crippen LogP contribution in [0.15, 0.2) is 0 Å². The SMILES string of the molecule is CC[C@H](CC1CC1)NC(=O)[C@H](C)OC.[HH]. The summed E-state index contributed by atoms with van der Waals surface area (Å²) in [6.07, 6.45) is 4.50. The lowest BCUT2D eigenvalue weighted by atomic mass is 10.1. The van der Waals surface area contributed by atoms with Crippen LogP contribution in [0, 0.1) is 5.92 Å². The van der Waals surface area contributed by atoms with Crippen LogP contribution in [0.2, 0.25) is 0 Å². The Balaban J connectivity index is 0.00000196. The van der Waals surface area contributed by atoms with Gasteiger partial charge in [-0.05, 0) is 25.7 Å². The lowest BCUT2D eigenvalue weighted by Crippen LogP contribution is -2.41. The minimum absolute atomic E-state index is 0. The van der Waals surface area contributed by atoms with Crippen LogP contribution in [0.1, 0.15) is 41.0 Å². The summed E-state index contributed by atoms with van der Waals surface area (Å²) in [6, 6.07) is 0.340. The Bertz CT molecular complexity index is 195. The molecule has 0 unspecified atom stereocenters. The fourth-order valence-electron chi connectivity index (χ4n) is 1.51. The van der Waals surface area contributed by atoms with Crippen molar-refractivity contribution in [3.8, 4) is 0 Å². The molecule has 0 aromatic carbocycles. The van der Waals surface area contributed by atoms with Crippen LogP contribution in [-0.2, 0) is 9.53 Å². The molecule has 0 spiro atoms. The van der Waals surface area contributed by atoms with Gasteiger partial charge < -0.3 is 10.1 Å². The Labute approximate surface area is 87.7 Å². The summed E-state index contributed by atoms with van der Waals surface area (Å²) in [6.45, 7) is 3.89. The van der Waals surface area contributed by atoms with Gasteiger partial charge in [-0.25, -0.2) is 0 Å². The van der Waals surface area contributed by atoms with Crippen LogP contribution >= 0.6 is 0 Å². The second kappa shape index (κ2) is 5.35. The van der Waals surface area contributed by atoms with E-state index >= 15 is 0 Å². The number of carbonyl (C=O) groups is 1. The van der Waals surface area contributed by atoms with Gasteiger partial charge in [-0.1, -0.05) is 19.8 Å². The van der Waals surface area contributed by atoms with E-state index in [9.17, 15) is 4.79 Å². The van der Waals surface area contributed by atoms with E-state index in [1.165, 1.54) is 12.8 Å². The van der Waals surface area contributed by atoms with Crippen LogP contribution < -0.4 is 5.32 Å². The van der Waals surface area contributed by atoms with Crippen molar-refractivity contribution in [2.24, 2.45) is 5.92 Å². The lowest BCUT2D eigenvalue weighted by molar-refractivity contribution is -0.130. The Morgan fingerprint density at radius 1 is 1.64 bits per heavy atom. The van der Waals surface area contributed by atoms with Gasteiger partial charge in [0.1, 0.15) is 6.10 Å². The van der Waals surface area contributed by atoms with E-state index < -0.39 is 0 Å². The highest BCUT2D eigenvalue weighted by atomic mass is 16.5. The Kier molecular flexibility index (Phi) is 4.39. The molecule has 0 bridgehead atoms. The van der Waals surface area contributed by atoms with E-state index in [-0.39, 0.29) is 13.4 Å². The molecule has 0 aromatic rings. The second-order valence-electron chi connectivity index (χ2n) is 4.17. The Hall–Kier alpha value is -0.570. The maximum atomic E-state index is 11.5. The first kappa shape index (κ1) is 11.5. The third kappa shape index (κ3) is 3.66. The van der Waals surface area contributed by atoms with E-state index in [0.29, 0.717) is 6.04 Å². The number of hydrogen-bond donors (Lipinski definition) is 1. The Morgan fingerprint density at radius 2 is 2.29 bits per heavy atom. The van der Waals surface area contributed by atoms with E-state index in [4.69, 9.17) is 4.74 Å². The van der Waals surface area contributed by atoms with Crippen molar-refractivity contribution in [3.05, 3.63) is 0 Å². The van der Waals surface area contributed by atoms with Crippen molar-refractivity contribution < 1.29 is 11.0 Å². The Morgan fingerprint density at radius 3 is 2.71 bits per heavy atom. The first-order valence-corrected chi connectivity index (χ1v) is 5.50. The topological polar surface area (TPSA) is 38.3 Å². The van der Waals surface area contributed by atoms with E-state index in [1.54, 1.807) is 14.0 Å². The summed E-state index contributed by atoms with van der Waals surface area (Å²) < 4.78 is 4.97. The highest BCUT2D eigenvalue weighted by Gasteiger charge is 2.26. The first-order valence-electron chi connectivity index (χ1n) is 5.50. The monoisotopic (exact) mass is 201 g/mol. The summed E-state index contributed by atoms with van der Waals surface area (Å²) in [4.78, 5) is 11.5. The highest BCUT2D eigenvalue weighted by Crippen LogP contribution is 2.33. The average molecular weight is 201 g/mol. The molecule has 0 saturated heterocycles. The molecule has 2 atom stereocenters. The summed E-state index contributed by atoms with van der Waals surface area (Å²) in [5.41, 5.74) is 0. The number of ether oxygens (including phenoxy) is 1. The molecule has 0 aromatic heterocycles. The maximum absolute atomic E-state index is 11.5. The van der Waals surface area contributed by atoms with E-state index in [0.717, 1.165) is 18.8 Å². The fourth-order valence-corrected chi connectivity index (χ4v) is 1.51. The molecule has 1 aliphatic carbocycles. The zero-order valence-corrected chi connectivity index (χ0v) is 9.38. The number of methoxy groups -OCH3 is 1. The van der Waals surface area contributed by atoms with Crippen molar-refractivity contribution in [1.29, 1.82) is 0 Å². The largest absolute Gasteiger partial charge is 0.372 e. The molecule has 84 valence electrons. The van der Waals surface area contributed by atoms with Crippen molar-refractivity contribution >= 4 is 5.91 Å². The molecule has 3 nitrogen and oxygen atoms in total. The van der Waals surface area contributed by atoms with Crippen LogP contribution in [0.25, 0.3) is 0 Å². The van der Waals surface area contributed by atoms with Crippen LogP contribution in [0.4, 0.5) is 0 Å². The summed E-state index contributed by atoms with van der Waals surface area (Å²) in [7, 11) is 1.56. The molecule has 1 amide bonds. The molecular formula is C11H23NO2. The van der Waals surface area contributed by atoms with Crippen LogP contribution in [0.5, 0.6) is 0 Å². The van der Waals surface area contributed by atoms with Crippen LogP contribution in [0.3, 0.4) is 0 Å². The molecule has 1 aliphatic rings. The van der Waals surface area contributed by atoms with Gasteiger partial charge in [-0.15, -0.1) is 0 Å². The lowest BCUT2D eigenvalue weighted by Gasteiger charge is -2.18. The standard InChI is InChI=1S/C11H21NO2.H2/c1-4-10(7-9-5-6-9)12-11(13)8(2)14-3;/h8-10H,4-7H2,1-3H3,(H,12,13);1H/t8-,10+;/m0./s1. The smallest absolute Gasteiger partial charge is 0.249 e. The van der Waals surface area contributed by atoms with Crippen molar-refractivity contribution in [1.82, 2.24) is 5.32 Å². The molecule has 1 fully saturated rings. The first-order chi connectivity index (χ1) is 6.67. The van der Waals surface area contributed by atoms with E-state index in [2.05, 4.69) is 12.2 Å². The van der Waals surface area contributed by atoms with E-state index in [1.807, 2.05) is 0 Å². The molecular weight excluding hydrogens is 178 g/mol. The zero-order chi connectivity index (χ0) is 10.6. The molecule has 1 N–H and O–H groups in total. The zero-order valence-electron chi connectivity index (χ0n) is 9.38. The van der Waals surface area contributed by atoms with Crippen molar-refractivity contribution in [3.63, 3.8) is 0 Å². The maximum Gasteiger partial charge on any atom is 0.249 e. The molecule has 14 heavy (non-hydrogen) atoms. The summed E-state index contributed by atoms with van der Waals surface area (Å²) in [5, 5.41) is 3.02. The average Bonchev–Trinajstić information content (AvgIpc) is 2.99. The van der Waals surface area contributed by atoms with Gasteiger partial charge in [0.25, 0.3) is 0 Å². The molecule has 1 rings (SSSR count). The van der Waals surface area contributed by atoms with Crippen molar-refractivity contribution in [2.45, 2.75) is 51.7 Å². The minimum Gasteiger partial charge on any atom is -0.372 e. The fraction of sp³-hybridized carbons (Fsp3) is 0.909. The third-order valence-electron chi connectivity index (χ3n) is 2.88. The predicted molar refractivity (Wildman–Crippen MR) is 58.1 cm³/mol. The molecule has 0 radical (unpaired) electrons. The number of amides is 1. The molecule has 0 aliphatic heterocycles. The number of nitrogens with one attached hydrogen (secondary N) is 1. The van der Waals surface area contributed by atoms with Gasteiger partial charge in [0, 0.05) is 14.6 Å². The quantitative estimate of drug-likeness (QED) is 0.713.